The number of imidazole rings is 1. The fourth-order valence-electron chi connectivity index (χ4n) is 3.35. The predicted octanol–water partition coefficient (Wildman–Crippen LogP) is 3.28. The Morgan fingerprint density at radius 2 is 2.20 bits per heavy atom. The number of hydrogen-bond acceptors (Lipinski definition) is 4. The van der Waals surface area contributed by atoms with Crippen molar-refractivity contribution in [2.75, 3.05) is 13.2 Å². The number of para-hydroxylation sites is 1. The molecule has 0 bridgehead atoms. The highest BCUT2D eigenvalue weighted by atomic mass is 19.1. The van der Waals surface area contributed by atoms with Gasteiger partial charge < -0.3 is 9.72 Å². The molecule has 4 rings (SSSR count). The third kappa shape index (κ3) is 3.86. The van der Waals surface area contributed by atoms with E-state index in [1.165, 1.54) is 6.07 Å². The molecule has 25 heavy (non-hydrogen) atoms. The lowest BCUT2D eigenvalue weighted by atomic mass is 10.2. The van der Waals surface area contributed by atoms with Crippen LogP contribution in [-0.2, 0) is 17.8 Å². The lowest BCUT2D eigenvalue weighted by molar-refractivity contribution is 0.0671. The van der Waals surface area contributed by atoms with Crippen molar-refractivity contribution in [1.82, 2.24) is 19.9 Å². The van der Waals surface area contributed by atoms with Crippen LogP contribution in [0.1, 0.15) is 24.2 Å². The van der Waals surface area contributed by atoms with Crippen molar-refractivity contribution < 1.29 is 9.13 Å². The molecule has 130 valence electrons. The number of nitrogens with zero attached hydrogens (tertiary/aromatic N) is 3. The van der Waals surface area contributed by atoms with Crippen LogP contribution in [0.2, 0.25) is 0 Å². The van der Waals surface area contributed by atoms with Gasteiger partial charge in [-0.15, -0.1) is 0 Å². The molecule has 0 spiro atoms. The minimum atomic E-state index is -0.294. The fourth-order valence-corrected chi connectivity index (χ4v) is 3.35. The van der Waals surface area contributed by atoms with Crippen LogP contribution in [-0.4, -0.2) is 39.1 Å². The van der Waals surface area contributed by atoms with E-state index in [2.05, 4.69) is 25.9 Å². The van der Waals surface area contributed by atoms with Crippen LogP contribution >= 0.6 is 0 Å². The van der Waals surface area contributed by atoms with Crippen molar-refractivity contribution in [1.29, 1.82) is 0 Å². The maximum atomic E-state index is 13.9. The molecule has 1 aliphatic rings. The second-order valence-corrected chi connectivity index (χ2v) is 6.49. The Morgan fingerprint density at radius 3 is 2.96 bits per heavy atom. The largest absolute Gasteiger partial charge is 0.377 e. The first kappa shape index (κ1) is 16.2. The van der Waals surface area contributed by atoms with Crippen LogP contribution in [0.15, 0.2) is 42.7 Å². The number of aromatic amines is 1. The Morgan fingerprint density at radius 1 is 1.24 bits per heavy atom. The molecule has 1 aliphatic heterocycles. The van der Waals surface area contributed by atoms with Gasteiger partial charge in [0.05, 0.1) is 18.2 Å². The summed E-state index contributed by atoms with van der Waals surface area (Å²) in [6.45, 7) is 3.03. The van der Waals surface area contributed by atoms with Crippen molar-refractivity contribution >= 4 is 11.0 Å². The van der Waals surface area contributed by atoms with E-state index in [9.17, 15) is 4.39 Å². The van der Waals surface area contributed by atoms with E-state index < -0.39 is 0 Å². The summed E-state index contributed by atoms with van der Waals surface area (Å²) in [6, 6.07) is 8.98. The molecule has 3 heterocycles. The van der Waals surface area contributed by atoms with E-state index in [1.807, 2.05) is 18.3 Å². The molecule has 0 aliphatic carbocycles. The topological polar surface area (TPSA) is 54.0 Å². The molecule has 5 nitrogen and oxygen atoms in total. The van der Waals surface area contributed by atoms with E-state index in [0.717, 1.165) is 49.4 Å². The summed E-state index contributed by atoms with van der Waals surface area (Å²) in [5.74, 6) is 0.472. The van der Waals surface area contributed by atoms with Gasteiger partial charge >= 0.3 is 0 Å². The van der Waals surface area contributed by atoms with Gasteiger partial charge in [-0.05, 0) is 36.6 Å². The van der Waals surface area contributed by atoms with E-state index in [-0.39, 0.29) is 11.9 Å². The summed E-state index contributed by atoms with van der Waals surface area (Å²) in [5, 5.41) is 0. The van der Waals surface area contributed by atoms with Gasteiger partial charge in [0.2, 0.25) is 0 Å². The molecule has 0 amide bonds. The van der Waals surface area contributed by atoms with Gasteiger partial charge in [0, 0.05) is 32.1 Å². The minimum Gasteiger partial charge on any atom is -0.377 e. The molecular weight excluding hydrogens is 319 g/mol. The van der Waals surface area contributed by atoms with Gasteiger partial charge in [-0.1, -0.05) is 12.1 Å². The van der Waals surface area contributed by atoms with Gasteiger partial charge in [0.1, 0.15) is 11.3 Å². The van der Waals surface area contributed by atoms with Crippen molar-refractivity contribution in [3.63, 3.8) is 0 Å². The Hall–Kier alpha value is -2.31. The molecule has 1 saturated heterocycles. The first-order valence-corrected chi connectivity index (χ1v) is 8.64. The number of benzene rings is 1. The number of aromatic nitrogens is 3. The highest BCUT2D eigenvalue weighted by molar-refractivity contribution is 5.75. The zero-order chi connectivity index (χ0) is 17.1. The van der Waals surface area contributed by atoms with Gasteiger partial charge in [-0.2, -0.15) is 0 Å². The molecule has 0 unspecified atom stereocenters. The second-order valence-electron chi connectivity index (χ2n) is 6.49. The van der Waals surface area contributed by atoms with Gasteiger partial charge in [0.25, 0.3) is 0 Å². The Kier molecular flexibility index (Phi) is 4.72. The Bertz CT molecular complexity index is 830. The first-order chi connectivity index (χ1) is 12.3. The first-order valence-electron chi connectivity index (χ1n) is 8.64. The highest BCUT2D eigenvalue weighted by Crippen LogP contribution is 2.19. The molecule has 1 fully saturated rings. The standard InChI is InChI=1S/C19H21FN4O/c20-16-6-1-7-17-19(16)23-18(22-17)13-24(12-15-5-3-9-25-15)11-14-4-2-8-21-10-14/h1-2,4,6-8,10,15H,3,5,9,11-13H2,(H,22,23)/t15-/m1/s1. The zero-order valence-electron chi connectivity index (χ0n) is 14.0. The molecule has 1 aromatic carbocycles. The van der Waals surface area contributed by atoms with E-state index in [0.29, 0.717) is 12.1 Å². The summed E-state index contributed by atoms with van der Waals surface area (Å²) in [7, 11) is 0. The summed E-state index contributed by atoms with van der Waals surface area (Å²) in [4.78, 5) is 14.1. The van der Waals surface area contributed by atoms with Gasteiger partial charge in [-0.25, -0.2) is 9.37 Å². The summed E-state index contributed by atoms with van der Waals surface area (Å²) >= 11 is 0. The Labute approximate surface area is 145 Å². The smallest absolute Gasteiger partial charge is 0.151 e. The van der Waals surface area contributed by atoms with Crippen molar-refractivity contribution in [2.24, 2.45) is 0 Å². The molecule has 2 aromatic heterocycles. The maximum absolute atomic E-state index is 13.9. The fraction of sp³-hybridized carbons (Fsp3) is 0.368. The number of nitrogens with one attached hydrogen (secondary N) is 1. The monoisotopic (exact) mass is 340 g/mol. The number of ether oxygens (including phenoxy) is 1. The Balaban J connectivity index is 1.54. The predicted molar refractivity (Wildman–Crippen MR) is 93.4 cm³/mol. The van der Waals surface area contributed by atoms with Crippen LogP contribution in [0.3, 0.4) is 0 Å². The van der Waals surface area contributed by atoms with Crippen LogP contribution < -0.4 is 0 Å². The van der Waals surface area contributed by atoms with E-state index >= 15 is 0 Å². The van der Waals surface area contributed by atoms with E-state index in [4.69, 9.17) is 4.74 Å². The SMILES string of the molecule is Fc1cccc2[nH]c(CN(Cc3cccnc3)C[C@H]3CCCO3)nc12. The number of hydrogen-bond donors (Lipinski definition) is 1. The van der Waals surface area contributed by atoms with Gasteiger partial charge in [0.15, 0.2) is 5.82 Å². The van der Waals surface area contributed by atoms with E-state index in [1.54, 1.807) is 12.3 Å². The summed E-state index contributed by atoms with van der Waals surface area (Å²) in [6.07, 6.45) is 6.09. The summed E-state index contributed by atoms with van der Waals surface area (Å²) in [5.41, 5.74) is 2.27. The maximum Gasteiger partial charge on any atom is 0.151 e. The van der Waals surface area contributed by atoms with Crippen LogP contribution in [0.5, 0.6) is 0 Å². The average Bonchev–Trinajstić information content (AvgIpc) is 3.26. The minimum absolute atomic E-state index is 0.248. The number of H-pyrrole nitrogens is 1. The highest BCUT2D eigenvalue weighted by Gasteiger charge is 2.20. The van der Waals surface area contributed by atoms with Crippen LogP contribution in [0, 0.1) is 5.82 Å². The van der Waals surface area contributed by atoms with Crippen LogP contribution in [0.4, 0.5) is 4.39 Å². The quantitative estimate of drug-likeness (QED) is 0.748. The summed E-state index contributed by atoms with van der Waals surface area (Å²) < 4.78 is 19.7. The third-order valence-corrected chi connectivity index (χ3v) is 4.50. The third-order valence-electron chi connectivity index (χ3n) is 4.50. The second kappa shape index (κ2) is 7.29. The average molecular weight is 340 g/mol. The van der Waals surface area contributed by atoms with Crippen molar-refractivity contribution in [2.45, 2.75) is 32.0 Å². The van der Waals surface area contributed by atoms with Crippen molar-refractivity contribution in [3.8, 4) is 0 Å². The zero-order valence-corrected chi connectivity index (χ0v) is 14.0. The molecule has 1 atom stereocenters. The molecular formula is C19H21FN4O. The number of fused-ring (bicyclic) bond motifs is 1. The lowest BCUT2D eigenvalue weighted by Crippen LogP contribution is -2.31. The molecule has 0 radical (unpaired) electrons. The molecule has 0 saturated carbocycles. The lowest BCUT2D eigenvalue weighted by Gasteiger charge is -2.24. The number of rotatable bonds is 6. The molecule has 1 N–H and O–H groups in total. The number of pyridine rings is 1. The molecule has 6 heteroatoms. The van der Waals surface area contributed by atoms with Crippen LogP contribution in [0.25, 0.3) is 11.0 Å². The van der Waals surface area contributed by atoms with Crippen molar-refractivity contribution in [3.05, 3.63) is 59.9 Å². The normalized spacial score (nSPS) is 17.6. The van der Waals surface area contributed by atoms with Gasteiger partial charge in [-0.3, -0.25) is 9.88 Å². The number of halogens is 1. The molecule has 3 aromatic rings.